The average molecular weight is 473 g/mol. The molecule has 0 saturated carbocycles. The Balaban J connectivity index is 5.00. The van der Waals surface area contributed by atoms with Crippen LogP contribution in [0.5, 0.6) is 0 Å². The Morgan fingerprint density at radius 1 is 0.879 bits per heavy atom. The number of amides is 4. The van der Waals surface area contributed by atoms with E-state index in [0.717, 1.165) is 0 Å². The lowest BCUT2D eigenvalue weighted by Crippen LogP contribution is -2.57. The van der Waals surface area contributed by atoms with E-state index in [1.807, 2.05) is 0 Å². The minimum absolute atomic E-state index is 0.0329. The van der Waals surface area contributed by atoms with Crippen LogP contribution >= 0.6 is 0 Å². The molecule has 4 atom stereocenters. The first-order chi connectivity index (χ1) is 15.2. The first-order valence-electron chi connectivity index (χ1n) is 10.5. The maximum Gasteiger partial charge on any atom is 0.326 e. The number of carboxylic acid groups (broad SMARTS) is 1. The fourth-order valence-electron chi connectivity index (χ4n) is 2.71. The zero-order valence-corrected chi connectivity index (χ0v) is 19.2. The van der Waals surface area contributed by atoms with Gasteiger partial charge in [-0.05, 0) is 32.1 Å². The van der Waals surface area contributed by atoms with Crippen molar-refractivity contribution in [2.45, 2.75) is 70.6 Å². The molecule has 188 valence electrons. The summed E-state index contributed by atoms with van der Waals surface area (Å²) in [6.07, 6.45) is 0.285. The van der Waals surface area contributed by atoms with Crippen molar-refractivity contribution >= 4 is 35.6 Å². The maximum absolute atomic E-state index is 12.5. The van der Waals surface area contributed by atoms with Crippen molar-refractivity contribution in [3.8, 4) is 0 Å². The predicted octanol–water partition coefficient (Wildman–Crippen LogP) is -3.15. The van der Waals surface area contributed by atoms with Crippen LogP contribution in [0.1, 0.15) is 46.5 Å². The Morgan fingerprint density at radius 2 is 1.45 bits per heavy atom. The molecule has 14 nitrogen and oxygen atoms in total. The minimum Gasteiger partial charge on any atom is -0.480 e. The highest BCUT2D eigenvalue weighted by Crippen LogP contribution is 2.06. The summed E-state index contributed by atoms with van der Waals surface area (Å²) in [5.41, 5.74) is 21.4. The molecule has 0 saturated heterocycles. The van der Waals surface area contributed by atoms with Crippen LogP contribution in [0.15, 0.2) is 4.99 Å². The second-order valence-electron chi connectivity index (χ2n) is 8.05. The summed E-state index contributed by atoms with van der Waals surface area (Å²) in [4.78, 5) is 63.7. The Kier molecular flexibility index (Phi) is 13.1. The molecular formula is C19H36N8O6. The van der Waals surface area contributed by atoms with E-state index >= 15 is 0 Å². The molecule has 0 aromatic rings. The van der Waals surface area contributed by atoms with Gasteiger partial charge in [0.2, 0.25) is 23.6 Å². The molecular weight excluding hydrogens is 436 g/mol. The van der Waals surface area contributed by atoms with Gasteiger partial charge in [-0.15, -0.1) is 0 Å². The molecule has 33 heavy (non-hydrogen) atoms. The molecule has 0 spiro atoms. The number of carbonyl (C=O) groups excluding carboxylic acids is 4. The number of hydrogen-bond acceptors (Lipinski definition) is 7. The third-order valence-electron chi connectivity index (χ3n) is 4.42. The zero-order valence-electron chi connectivity index (χ0n) is 19.2. The van der Waals surface area contributed by atoms with E-state index in [-0.39, 0.29) is 31.3 Å². The van der Waals surface area contributed by atoms with E-state index in [2.05, 4.69) is 20.9 Å². The molecule has 14 heteroatoms. The average Bonchev–Trinajstić information content (AvgIpc) is 2.68. The molecule has 0 fully saturated rings. The standard InChI is InChI=1S/C19H36N8O6/c1-9(2)7-13(18(32)33)27-17(31)12(8-14(21)28)26-15(29)10(3)25-16(30)11(20)5-4-6-24-19(22)23/h9-13H,4-8,20H2,1-3H3,(H2,21,28)(H,25,30)(H,26,29)(H,27,31)(H,32,33)(H4,22,23,24). The van der Waals surface area contributed by atoms with E-state index in [0.29, 0.717) is 6.42 Å². The highest BCUT2D eigenvalue weighted by atomic mass is 16.4. The van der Waals surface area contributed by atoms with Gasteiger partial charge in [-0.25, -0.2) is 4.79 Å². The number of nitrogens with two attached hydrogens (primary N) is 4. The largest absolute Gasteiger partial charge is 0.480 e. The predicted molar refractivity (Wildman–Crippen MR) is 120 cm³/mol. The van der Waals surface area contributed by atoms with Gasteiger partial charge in [-0.1, -0.05) is 13.8 Å². The van der Waals surface area contributed by atoms with Crippen LogP contribution in [0.25, 0.3) is 0 Å². The van der Waals surface area contributed by atoms with Crippen molar-refractivity contribution in [2.75, 3.05) is 6.54 Å². The van der Waals surface area contributed by atoms with Crippen LogP contribution in [0.3, 0.4) is 0 Å². The molecule has 0 aromatic heterocycles. The van der Waals surface area contributed by atoms with Crippen molar-refractivity contribution in [1.29, 1.82) is 0 Å². The maximum atomic E-state index is 12.5. The number of carbonyl (C=O) groups is 5. The van der Waals surface area contributed by atoms with Crippen LogP contribution in [-0.4, -0.2) is 71.4 Å². The van der Waals surface area contributed by atoms with E-state index in [9.17, 15) is 29.1 Å². The first kappa shape index (κ1) is 29.6. The molecule has 0 heterocycles. The topological polar surface area (TPSA) is 258 Å². The molecule has 0 rings (SSSR count). The normalized spacial score (nSPS) is 14.3. The summed E-state index contributed by atoms with van der Waals surface area (Å²) >= 11 is 0. The van der Waals surface area contributed by atoms with Gasteiger partial charge in [-0.2, -0.15) is 0 Å². The van der Waals surface area contributed by atoms with Crippen LogP contribution in [0.4, 0.5) is 0 Å². The number of rotatable bonds is 15. The van der Waals surface area contributed by atoms with Crippen LogP contribution in [0.2, 0.25) is 0 Å². The number of nitrogens with zero attached hydrogens (tertiary/aromatic N) is 1. The molecule has 0 aliphatic carbocycles. The van der Waals surface area contributed by atoms with Gasteiger partial charge >= 0.3 is 5.97 Å². The van der Waals surface area contributed by atoms with Crippen molar-refractivity contribution in [1.82, 2.24) is 16.0 Å². The van der Waals surface area contributed by atoms with Gasteiger partial charge < -0.3 is 44.0 Å². The Labute approximate surface area is 192 Å². The summed E-state index contributed by atoms with van der Waals surface area (Å²) in [6.45, 7) is 5.20. The number of nitrogens with one attached hydrogen (secondary N) is 3. The summed E-state index contributed by atoms with van der Waals surface area (Å²) in [5, 5.41) is 16.3. The third-order valence-corrected chi connectivity index (χ3v) is 4.42. The lowest BCUT2D eigenvalue weighted by Gasteiger charge is -2.23. The van der Waals surface area contributed by atoms with E-state index in [1.165, 1.54) is 6.92 Å². The summed E-state index contributed by atoms with van der Waals surface area (Å²) < 4.78 is 0. The van der Waals surface area contributed by atoms with Crippen molar-refractivity contribution in [3.05, 3.63) is 0 Å². The van der Waals surface area contributed by atoms with Crippen LogP contribution in [0, 0.1) is 5.92 Å². The van der Waals surface area contributed by atoms with Crippen LogP contribution in [-0.2, 0) is 24.0 Å². The first-order valence-corrected chi connectivity index (χ1v) is 10.5. The summed E-state index contributed by atoms with van der Waals surface area (Å²) in [5.74, 6) is -4.53. The van der Waals surface area contributed by atoms with Crippen molar-refractivity contribution in [2.24, 2.45) is 33.8 Å². The molecule has 0 aromatic carbocycles. The Bertz CT molecular complexity index is 738. The van der Waals surface area contributed by atoms with E-state index in [4.69, 9.17) is 22.9 Å². The van der Waals surface area contributed by atoms with Crippen molar-refractivity contribution < 1.29 is 29.1 Å². The third kappa shape index (κ3) is 12.9. The van der Waals surface area contributed by atoms with Gasteiger partial charge in [-0.3, -0.25) is 24.2 Å². The van der Waals surface area contributed by atoms with Gasteiger partial charge in [0.1, 0.15) is 18.1 Å². The smallest absolute Gasteiger partial charge is 0.326 e. The summed E-state index contributed by atoms with van der Waals surface area (Å²) in [6, 6.07) is -4.66. The van der Waals surface area contributed by atoms with E-state index in [1.54, 1.807) is 13.8 Å². The molecule has 0 radical (unpaired) electrons. The number of aliphatic carboxylic acids is 1. The summed E-state index contributed by atoms with van der Waals surface area (Å²) in [7, 11) is 0. The lowest BCUT2D eigenvalue weighted by atomic mass is 10.0. The SMILES string of the molecule is CC(C)CC(NC(=O)C(CC(N)=O)NC(=O)C(C)NC(=O)C(N)CCCN=C(N)N)C(=O)O. The van der Waals surface area contributed by atoms with Crippen molar-refractivity contribution in [3.63, 3.8) is 0 Å². The number of carboxylic acids is 1. The van der Waals surface area contributed by atoms with Crippen LogP contribution < -0.4 is 38.9 Å². The van der Waals surface area contributed by atoms with Gasteiger partial charge in [0, 0.05) is 6.54 Å². The van der Waals surface area contributed by atoms with E-state index < -0.39 is 60.2 Å². The number of primary amides is 1. The fourth-order valence-corrected chi connectivity index (χ4v) is 2.71. The highest BCUT2D eigenvalue weighted by Gasteiger charge is 2.30. The number of guanidine groups is 1. The molecule has 4 amide bonds. The zero-order chi connectivity index (χ0) is 25.7. The van der Waals surface area contributed by atoms with Gasteiger partial charge in [0.25, 0.3) is 0 Å². The molecule has 4 unspecified atom stereocenters. The fraction of sp³-hybridized carbons (Fsp3) is 0.684. The van der Waals surface area contributed by atoms with Gasteiger partial charge in [0.15, 0.2) is 5.96 Å². The minimum atomic E-state index is -1.42. The highest BCUT2D eigenvalue weighted by molar-refractivity contribution is 5.95. The molecule has 12 N–H and O–H groups in total. The monoisotopic (exact) mass is 472 g/mol. The number of hydrogen-bond donors (Lipinski definition) is 8. The lowest BCUT2D eigenvalue weighted by molar-refractivity contribution is -0.143. The number of aliphatic imine (C=N–C) groups is 1. The second kappa shape index (κ2) is 14.6. The Hall–Kier alpha value is -3.42. The molecule has 0 aliphatic heterocycles. The molecule has 0 bridgehead atoms. The second-order valence-corrected chi connectivity index (χ2v) is 8.05. The quantitative estimate of drug-likeness (QED) is 0.0678. The molecule has 0 aliphatic rings. The Morgan fingerprint density at radius 3 is 1.94 bits per heavy atom. The van der Waals surface area contributed by atoms with Gasteiger partial charge in [0.05, 0.1) is 12.5 Å².